The molecule has 1 atom stereocenters. The minimum Gasteiger partial charge on any atom is -0.448 e. The van der Waals surface area contributed by atoms with Gasteiger partial charge in [0.1, 0.15) is 6.61 Å². The van der Waals surface area contributed by atoms with Crippen LogP contribution in [0.3, 0.4) is 0 Å². The second kappa shape index (κ2) is 30.7. The minimum absolute atomic E-state index is 0.127. The van der Waals surface area contributed by atoms with Gasteiger partial charge in [-0.1, -0.05) is 129 Å². The van der Waals surface area contributed by atoms with Crippen molar-refractivity contribution in [3.8, 4) is 0 Å². The fourth-order valence-electron chi connectivity index (χ4n) is 4.48. The number of unbranched alkanes of at least 4 members (excludes halogenated alkanes) is 18. The Kier molecular flexibility index (Phi) is 30.0. The molecule has 1 N–H and O–H groups in total. The van der Waals surface area contributed by atoms with Gasteiger partial charge >= 0.3 is 6.09 Å². The van der Waals surface area contributed by atoms with Crippen LogP contribution in [-0.4, -0.2) is 70.7 Å². The average molecular weight is 543 g/mol. The van der Waals surface area contributed by atoms with Gasteiger partial charge in [-0.05, 0) is 26.9 Å². The van der Waals surface area contributed by atoms with Crippen molar-refractivity contribution in [3.63, 3.8) is 0 Å². The van der Waals surface area contributed by atoms with Crippen LogP contribution in [0.15, 0.2) is 0 Å². The second-order valence-electron chi connectivity index (χ2n) is 11.3. The molecule has 38 heavy (non-hydrogen) atoms. The molecule has 0 aromatic rings. The van der Waals surface area contributed by atoms with E-state index in [9.17, 15) is 4.79 Å². The topological polar surface area (TPSA) is 60.0 Å². The molecule has 228 valence electrons. The maximum Gasteiger partial charge on any atom is 0.407 e. The van der Waals surface area contributed by atoms with Crippen molar-refractivity contribution < 1.29 is 19.0 Å². The van der Waals surface area contributed by atoms with Crippen molar-refractivity contribution in [2.45, 2.75) is 148 Å². The van der Waals surface area contributed by atoms with Gasteiger partial charge < -0.3 is 24.4 Å². The zero-order valence-electron chi connectivity index (χ0n) is 26.0. The summed E-state index contributed by atoms with van der Waals surface area (Å²) in [6.07, 6.45) is 25.8. The number of carbonyl (C=O) groups excluding carboxylic acids is 1. The molecular formula is C32H66N2O4. The van der Waals surface area contributed by atoms with Crippen LogP contribution in [0.2, 0.25) is 0 Å². The molecule has 1 unspecified atom stereocenters. The zero-order chi connectivity index (χ0) is 27.9. The summed E-state index contributed by atoms with van der Waals surface area (Å²) >= 11 is 0. The largest absolute Gasteiger partial charge is 0.448 e. The molecule has 0 saturated carbocycles. The Balaban J connectivity index is 3.97. The predicted molar refractivity (Wildman–Crippen MR) is 162 cm³/mol. The van der Waals surface area contributed by atoms with Crippen LogP contribution in [0.4, 0.5) is 4.79 Å². The average Bonchev–Trinajstić information content (AvgIpc) is 2.90. The van der Waals surface area contributed by atoms with Crippen molar-refractivity contribution in [3.05, 3.63) is 0 Å². The van der Waals surface area contributed by atoms with E-state index in [0.29, 0.717) is 26.3 Å². The molecule has 0 fully saturated rings. The van der Waals surface area contributed by atoms with Gasteiger partial charge in [-0.2, -0.15) is 0 Å². The minimum atomic E-state index is -0.380. The first kappa shape index (κ1) is 37.1. The van der Waals surface area contributed by atoms with E-state index >= 15 is 0 Å². The molecule has 0 radical (unpaired) electrons. The first-order chi connectivity index (χ1) is 18.6. The van der Waals surface area contributed by atoms with Crippen molar-refractivity contribution in [2.24, 2.45) is 0 Å². The molecule has 0 spiro atoms. The molecule has 0 aliphatic rings. The summed E-state index contributed by atoms with van der Waals surface area (Å²) in [6.45, 7) is 8.08. The SMILES string of the molecule is CCCCCCCCCCCCOCC(CNC(=O)OCCN(C)C)OCCCCCCCCCCCC. The van der Waals surface area contributed by atoms with Gasteiger partial charge in [0.15, 0.2) is 0 Å². The van der Waals surface area contributed by atoms with Crippen molar-refractivity contribution in [1.82, 2.24) is 10.2 Å². The third-order valence-corrected chi connectivity index (χ3v) is 7.04. The summed E-state index contributed by atoms with van der Waals surface area (Å²) in [7, 11) is 3.93. The molecule has 6 nitrogen and oxygen atoms in total. The van der Waals surface area contributed by atoms with Crippen LogP contribution in [0.1, 0.15) is 142 Å². The Hall–Kier alpha value is -0.850. The molecule has 1 amide bonds. The van der Waals surface area contributed by atoms with E-state index in [-0.39, 0.29) is 12.2 Å². The van der Waals surface area contributed by atoms with Crippen molar-refractivity contribution >= 4 is 6.09 Å². The van der Waals surface area contributed by atoms with E-state index in [1.54, 1.807) is 0 Å². The van der Waals surface area contributed by atoms with E-state index in [1.165, 1.54) is 116 Å². The molecule has 0 saturated heterocycles. The van der Waals surface area contributed by atoms with Crippen LogP contribution in [0, 0.1) is 0 Å². The highest BCUT2D eigenvalue weighted by atomic mass is 16.6. The van der Waals surface area contributed by atoms with Gasteiger partial charge in [0.05, 0.1) is 12.7 Å². The number of hydrogen-bond donors (Lipinski definition) is 1. The van der Waals surface area contributed by atoms with Crippen LogP contribution >= 0.6 is 0 Å². The van der Waals surface area contributed by atoms with Gasteiger partial charge in [0, 0.05) is 26.3 Å². The lowest BCUT2D eigenvalue weighted by molar-refractivity contribution is -0.0175. The van der Waals surface area contributed by atoms with Gasteiger partial charge in [0.25, 0.3) is 0 Å². The normalized spacial score (nSPS) is 12.2. The summed E-state index contributed by atoms with van der Waals surface area (Å²) < 4.78 is 17.3. The third kappa shape index (κ3) is 29.7. The van der Waals surface area contributed by atoms with Gasteiger partial charge in [-0.3, -0.25) is 0 Å². The van der Waals surface area contributed by atoms with Crippen LogP contribution in [0.5, 0.6) is 0 Å². The van der Waals surface area contributed by atoms with Crippen LogP contribution in [-0.2, 0) is 14.2 Å². The van der Waals surface area contributed by atoms with E-state index in [2.05, 4.69) is 19.2 Å². The molecule has 0 aliphatic carbocycles. The highest BCUT2D eigenvalue weighted by Crippen LogP contribution is 2.12. The number of carbonyl (C=O) groups is 1. The second-order valence-corrected chi connectivity index (χ2v) is 11.3. The summed E-state index contributed by atoms with van der Waals surface area (Å²) in [5.74, 6) is 0. The first-order valence-electron chi connectivity index (χ1n) is 16.3. The van der Waals surface area contributed by atoms with Gasteiger partial charge in [-0.15, -0.1) is 0 Å². The third-order valence-electron chi connectivity index (χ3n) is 7.04. The molecule has 0 heterocycles. The number of nitrogens with one attached hydrogen (secondary N) is 1. The van der Waals surface area contributed by atoms with Gasteiger partial charge in [-0.25, -0.2) is 4.79 Å². The number of likely N-dealkylation sites (N-methyl/N-ethyl adjacent to an activating group) is 1. The quantitative estimate of drug-likeness (QED) is 0.0922. The summed E-state index contributed by atoms with van der Waals surface area (Å²) in [5.41, 5.74) is 0. The fourth-order valence-corrected chi connectivity index (χ4v) is 4.48. The first-order valence-corrected chi connectivity index (χ1v) is 16.3. The Labute approximate surface area is 237 Å². The maximum atomic E-state index is 12.0. The zero-order valence-corrected chi connectivity index (χ0v) is 26.0. The Morgan fingerprint density at radius 1 is 0.632 bits per heavy atom. The highest BCUT2D eigenvalue weighted by molar-refractivity contribution is 5.67. The molecule has 0 rings (SSSR count). The highest BCUT2D eigenvalue weighted by Gasteiger charge is 2.12. The van der Waals surface area contributed by atoms with Crippen LogP contribution < -0.4 is 5.32 Å². The van der Waals surface area contributed by atoms with Crippen molar-refractivity contribution in [1.29, 1.82) is 0 Å². The fraction of sp³-hybridized carbons (Fsp3) is 0.969. The smallest absolute Gasteiger partial charge is 0.407 e. The Morgan fingerprint density at radius 2 is 1.08 bits per heavy atom. The summed E-state index contributed by atoms with van der Waals surface area (Å²) in [4.78, 5) is 14.0. The number of rotatable bonds is 30. The van der Waals surface area contributed by atoms with E-state index in [4.69, 9.17) is 14.2 Å². The Bertz CT molecular complexity index is 476. The standard InChI is InChI=1S/C32H66N2O4/c1-5-7-9-11-13-15-17-19-21-23-26-36-30-31(29-33-32(35)38-28-25-34(3)4)37-27-24-22-20-18-16-14-12-10-8-6-2/h31H,5-30H2,1-4H3,(H,33,35). The van der Waals surface area contributed by atoms with E-state index in [1.807, 2.05) is 19.0 Å². The molecule has 0 aliphatic heterocycles. The number of ether oxygens (including phenoxy) is 3. The van der Waals surface area contributed by atoms with Crippen LogP contribution in [0.25, 0.3) is 0 Å². The monoisotopic (exact) mass is 543 g/mol. The van der Waals surface area contributed by atoms with E-state index in [0.717, 1.165) is 26.1 Å². The molecular weight excluding hydrogens is 476 g/mol. The molecule has 0 aromatic carbocycles. The Morgan fingerprint density at radius 3 is 1.55 bits per heavy atom. The lowest BCUT2D eigenvalue weighted by Gasteiger charge is -2.19. The predicted octanol–water partition coefficient (Wildman–Crippen LogP) is 8.52. The van der Waals surface area contributed by atoms with Gasteiger partial charge in [0.2, 0.25) is 0 Å². The van der Waals surface area contributed by atoms with Crippen molar-refractivity contribution in [2.75, 3.05) is 53.6 Å². The summed E-state index contributed by atoms with van der Waals surface area (Å²) in [5, 5.41) is 2.85. The molecule has 0 aromatic heterocycles. The lowest BCUT2D eigenvalue weighted by atomic mass is 10.1. The van der Waals surface area contributed by atoms with E-state index < -0.39 is 0 Å². The lowest BCUT2D eigenvalue weighted by Crippen LogP contribution is -2.37. The number of nitrogens with zero attached hydrogens (tertiary/aromatic N) is 1. The number of alkyl carbamates (subject to hydrolysis) is 1. The molecule has 0 bridgehead atoms. The summed E-state index contributed by atoms with van der Waals surface area (Å²) in [6, 6.07) is 0. The number of amides is 1. The molecule has 6 heteroatoms. The maximum absolute atomic E-state index is 12.0. The number of hydrogen-bond acceptors (Lipinski definition) is 5.